The van der Waals surface area contributed by atoms with Crippen LogP contribution in [-0.2, 0) is 4.79 Å². The van der Waals surface area contributed by atoms with E-state index in [1.807, 2.05) is 0 Å². The maximum absolute atomic E-state index is 13.1. The van der Waals surface area contributed by atoms with Crippen molar-refractivity contribution >= 4 is 34.9 Å². The Balaban J connectivity index is 1.53. The van der Waals surface area contributed by atoms with Crippen LogP contribution in [0.5, 0.6) is 0 Å². The van der Waals surface area contributed by atoms with E-state index in [0.29, 0.717) is 42.2 Å². The van der Waals surface area contributed by atoms with E-state index in [1.54, 1.807) is 0 Å². The third kappa shape index (κ3) is 5.64. The zero-order valence-electron chi connectivity index (χ0n) is 16.3. The summed E-state index contributed by atoms with van der Waals surface area (Å²) in [4.78, 5) is 27.4. The standard InChI is InChI=1S/C20H24F3NO4S2/c21-14(17(22)23)4-7-20(28)6-3-11(9-20)12-1-2-16(25)13(12)5-8-29-19-24-15(10-30-19)18(26)27/h10-13,28H,1-9H2,(H,26,27)/t11?,12-,13?,20-/m1/s1. The fraction of sp³-hybridized carbons (Fsp3) is 0.650. The van der Waals surface area contributed by atoms with Crippen LogP contribution in [0.25, 0.3) is 0 Å². The smallest absolute Gasteiger partial charge is 0.355 e. The van der Waals surface area contributed by atoms with Crippen LogP contribution in [0.2, 0.25) is 0 Å². The van der Waals surface area contributed by atoms with Crippen molar-refractivity contribution < 1.29 is 33.0 Å². The molecule has 0 aromatic carbocycles. The van der Waals surface area contributed by atoms with E-state index in [1.165, 1.54) is 28.5 Å². The predicted octanol–water partition coefficient (Wildman–Crippen LogP) is 5.31. The topological polar surface area (TPSA) is 87.5 Å². The Morgan fingerprint density at radius 1 is 1.33 bits per heavy atom. The molecule has 1 aromatic rings. The van der Waals surface area contributed by atoms with Crippen LogP contribution in [0.15, 0.2) is 21.6 Å². The third-order valence-corrected chi connectivity index (χ3v) is 8.31. The molecule has 0 aliphatic heterocycles. The van der Waals surface area contributed by atoms with E-state index in [-0.39, 0.29) is 35.7 Å². The van der Waals surface area contributed by atoms with Gasteiger partial charge in [-0.2, -0.15) is 8.78 Å². The molecular formula is C20H24F3NO4S2. The minimum absolute atomic E-state index is 0.0153. The summed E-state index contributed by atoms with van der Waals surface area (Å²) < 4.78 is 38.3. The number of rotatable bonds is 9. The molecule has 10 heteroatoms. The maximum Gasteiger partial charge on any atom is 0.355 e. The Hall–Kier alpha value is -1.39. The number of nitrogens with zero attached hydrogens (tertiary/aromatic N) is 1. The first-order chi connectivity index (χ1) is 14.2. The lowest BCUT2D eigenvalue weighted by Gasteiger charge is -2.27. The molecule has 3 rings (SSSR count). The first kappa shape index (κ1) is 23.3. The van der Waals surface area contributed by atoms with Gasteiger partial charge in [0, 0.05) is 29.9 Å². The Morgan fingerprint density at radius 2 is 2.10 bits per heavy atom. The van der Waals surface area contributed by atoms with Gasteiger partial charge in [0.1, 0.15) is 5.78 Å². The van der Waals surface area contributed by atoms with Gasteiger partial charge in [-0.1, -0.05) is 11.8 Å². The summed E-state index contributed by atoms with van der Waals surface area (Å²) in [5, 5.41) is 21.1. The zero-order valence-corrected chi connectivity index (χ0v) is 17.9. The molecule has 1 aromatic heterocycles. The summed E-state index contributed by atoms with van der Waals surface area (Å²) in [5.74, 6) is -1.55. The first-order valence-corrected chi connectivity index (χ1v) is 11.8. The van der Waals surface area contributed by atoms with E-state index in [4.69, 9.17) is 5.11 Å². The molecule has 0 radical (unpaired) electrons. The number of aromatic carboxylic acids is 1. The van der Waals surface area contributed by atoms with Gasteiger partial charge in [-0.15, -0.1) is 11.3 Å². The maximum atomic E-state index is 13.1. The second-order valence-electron chi connectivity index (χ2n) is 8.11. The molecule has 2 fully saturated rings. The second-order valence-corrected chi connectivity index (χ2v) is 10.3. The highest BCUT2D eigenvalue weighted by molar-refractivity contribution is 8.01. The molecule has 30 heavy (non-hydrogen) atoms. The number of aliphatic hydroxyl groups is 1. The van der Waals surface area contributed by atoms with Gasteiger partial charge in [0.05, 0.1) is 5.60 Å². The molecule has 0 saturated heterocycles. The van der Waals surface area contributed by atoms with Crippen LogP contribution >= 0.6 is 23.1 Å². The van der Waals surface area contributed by atoms with Gasteiger partial charge in [0.25, 0.3) is 0 Å². The Labute approximate surface area is 180 Å². The molecule has 1 heterocycles. The zero-order chi connectivity index (χ0) is 21.9. The van der Waals surface area contributed by atoms with E-state index >= 15 is 0 Å². The summed E-state index contributed by atoms with van der Waals surface area (Å²) in [6, 6.07) is 0. The SMILES string of the molecule is O=C(O)c1csc(SCCC2C(=O)CC[C@@H]2C2CC[C@@](O)(CCC(F)=C(F)F)C2)n1. The molecule has 2 unspecified atom stereocenters. The number of Topliss-reactive ketones (excluding diaryl/α,β-unsaturated/α-hetero) is 1. The summed E-state index contributed by atoms with van der Waals surface area (Å²) in [7, 11) is 0. The van der Waals surface area contributed by atoms with Crippen LogP contribution in [0.1, 0.15) is 61.9 Å². The normalized spacial score (nSPS) is 28.8. The quantitative estimate of drug-likeness (QED) is 0.483. The average Bonchev–Trinajstić information content (AvgIpc) is 3.40. The number of carbonyl (C=O) groups is 2. The lowest BCUT2D eigenvalue weighted by Crippen LogP contribution is -2.27. The average molecular weight is 464 g/mol. The highest BCUT2D eigenvalue weighted by atomic mass is 32.2. The molecule has 0 bridgehead atoms. The van der Waals surface area contributed by atoms with Crippen molar-refractivity contribution in [2.75, 3.05) is 5.75 Å². The highest BCUT2D eigenvalue weighted by Gasteiger charge is 2.46. The van der Waals surface area contributed by atoms with Crippen molar-refractivity contribution in [3.05, 3.63) is 23.0 Å². The summed E-state index contributed by atoms with van der Waals surface area (Å²) in [5.41, 5.74) is -1.14. The number of ketones is 1. The fourth-order valence-corrected chi connectivity index (χ4v) is 6.64. The van der Waals surface area contributed by atoms with E-state index < -0.39 is 29.9 Å². The lowest BCUT2D eigenvalue weighted by atomic mass is 9.80. The van der Waals surface area contributed by atoms with E-state index in [0.717, 1.165) is 6.42 Å². The van der Waals surface area contributed by atoms with E-state index in [9.17, 15) is 27.9 Å². The van der Waals surface area contributed by atoms with Gasteiger partial charge < -0.3 is 10.2 Å². The number of hydrogen-bond acceptors (Lipinski definition) is 6. The number of allylic oxidation sites excluding steroid dienone is 1. The predicted molar refractivity (Wildman–Crippen MR) is 108 cm³/mol. The summed E-state index contributed by atoms with van der Waals surface area (Å²) >= 11 is 2.69. The highest BCUT2D eigenvalue weighted by Crippen LogP contribution is 2.48. The Kier molecular flexibility index (Phi) is 7.62. The van der Waals surface area contributed by atoms with Crippen molar-refractivity contribution in [3.8, 4) is 0 Å². The number of hydrogen-bond donors (Lipinski definition) is 2. The Morgan fingerprint density at radius 3 is 2.77 bits per heavy atom. The third-order valence-electron chi connectivity index (χ3n) is 6.25. The van der Waals surface area contributed by atoms with Crippen LogP contribution in [0, 0.1) is 17.8 Å². The number of carboxylic acid groups (broad SMARTS) is 1. The summed E-state index contributed by atoms with van der Waals surface area (Å²) in [6.45, 7) is 0. The van der Waals surface area contributed by atoms with Gasteiger partial charge in [-0.25, -0.2) is 14.2 Å². The molecule has 0 amide bonds. The second kappa shape index (κ2) is 9.82. The number of halogens is 3. The molecule has 4 atom stereocenters. The molecule has 2 aliphatic carbocycles. The van der Waals surface area contributed by atoms with Gasteiger partial charge in [-0.05, 0) is 50.4 Å². The Bertz CT molecular complexity index is 827. The number of thiazole rings is 1. The van der Waals surface area contributed by atoms with Crippen LogP contribution < -0.4 is 0 Å². The number of aromatic nitrogens is 1. The van der Waals surface area contributed by atoms with Gasteiger partial charge in [0.15, 0.2) is 15.9 Å². The molecule has 166 valence electrons. The lowest BCUT2D eigenvalue weighted by molar-refractivity contribution is -0.121. The van der Waals surface area contributed by atoms with Crippen molar-refractivity contribution in [2.24, 2.45) is 17.8 Å². The molecule has 2 N–H and O–H groups in total. The monoisotopic (exact) mass is 463 g/mol. The van der Waals surface area contributed by atoms with Gasteiger partial charge >= 0.3 is 12.0 Å². The number of carboxylic acids is 1. The van der Waals surface area contributed by atoms with Crippen LogP contribution in [0.4, 0.5) is 13.2 Å². The molecule has 0 spiro atoms. The van der Waals surface area contributed by atoms with Gasteiger partial charge in [0.2, 0.25) is 0 Å². The summed E-state index contributed by atoms with van der Waals surface area (Å²) in [6.07, 6.45) is 0.605. The van der Waals surface area contributed by atoms with Crippen molar-refractivity contribution in [1.82, 2.24) is 4.98 Å². The van der Waals surface area contributed by atoms with Crippen molar-refractivity contribution in [1.29, 1.82) is 0 Å². The minimum atomic E-state index is -2.33. The van der Waals surface area contributed by atoms with E-state index in [2.05, 4.69) is 4.98 Å². The minimum Gasteiger partial charge on any atom is -0.476 e. The number of carbonyl (C=O) groups excluding carboxylic acids is 1. The van der Waals surface area contributed by atoms with Crippen LogP contribution in [0.3, 0.4) is 0 Å². The van der Waals surface area contributed by atoms with Gasteiger partial charge in [-0.3, -0.25) is 4.79 Å². The molecular weight excluding hydrogens is 439 g/mol. The van der Waals surface area contributed by atoms with Crippen molar-refractivity contribution in [3.63, 3.8) is 0 Å². The van der Waals surface area contributed by atoms with Crippen LogP contribution in [-0.4, -0.2) is 38.3 Å². The molecule has 2 aliphatic rings. The largest absolute Gasteiger partial charge is 0.476 e. The van der Waals surface area contributed by atoms with Crippen molar-refractivity contribution in [2.45, 2.75) is 61.3 Å². The molecule has 2 saturated carbocycles. The molecule has 5 nitrogen and oxygen atoms in total. The fourth-order valence-electron chi connectivity index (χ4n) is 4.74. The first-order valence-electron chi connectivity index (χ1n) is 9.95. The number of thioether (sulfide) groups is 1.